The van der Waals surface area contributed by atoms with Crippen LogP contribution in [0.5, 0.6) is 0 Å². The third-order valence-corrected chi connectivity index (χ3v) is 5.14. The molecular formula is C17H28N2O3. The molecule has 124 valence electrons. The molecule has 2 aliphatic rings. The van der Waals surface area contributed by atoms with Crippen LogP contribution in [0.2, 0.25) is 0 Å². The summed E-state index contributed by atoms with van der Waals surface area (Å²) < 4.78 is 0. The van der Waals surface area contributed by atoms with E-state index in [0.29, 0.717) is 32.4 Å². The van der Waals surface area contributed by atoms with E-state index in [1.54, 1.807) is 4.90 Å². The normalized spacial score (nSPS) is 22.1. The molecule has 5 nitrogen and oxygen atoms in total. The van der Waals surface area contributed by atoms with Crippen molar-refractivity contribution in [3.63, 3.8) is 0 Å². The molecule has 0 aromatic rings. The van der Waals surface area contributed by atoms with Crippen LogP contribution >= 0.6 is 0 Å². The van der Waals surface area contributed by atoms with Gasteiger partial charge in [-0.15, -0.1) is 0 Å². The van der Waals surface area contributed by atoms with Crippen molar-refractivity contribution >= 4 is 11.8 Å². The molecule has 2 N–H and O–H groups in total. The van der Waals surface area contributed by atoms with Gasteiger partial charge in [0.1, 0.15) is 0 Å². The van der Waals surface area contributed by atoms with Crippen LogP contribution in [-0.4, -0.2) is 47.1 Å². The highest BCUT2D eigenvalue weighted by molar-refractivity contribution is 5.87. The second-order valence-electron chi connectivity index (χ2n) is 6.61. The first-order chi connectivity index (χ1) is 10.6. The van der Waals surface area contributed by atoms with Crippen LogP contribution in [0.1, 0.15) is 51.4 Å². The lowest BCUT2D eigenvalue weighted by Crippen LogP contribution is -2.53. The van der Waals surface area contributed by atoms with E-state index in [0.717, 1.165) is 25.7 Å². The molecule has 1 saturated carbocycles. The number of aliphatic hydroxyl groups is 1. The molecule has 22 heavy (non-hydrogen) atoms. The summed E-state index contributed by atoms with van der Waals surface area (Å²) in [5.74, 6) is 0.0234. The molecule has 1 heterocycles. The lowest BCUT2D eigenvalue weighted by atomic mass is 9.78. The maximum absolute atomic E-state index is 12.6. The minimum absolute atomic E-state index is 0.0219. The van der Waals surface area contributed by atoms with E-state index in [-0.39, 0.29) is 29.9 Å². The molecule has 0 aromatic heterocycles. The van der Waals surface area contributed by atoms with Crippen LogP contribution in [0.4, 0.5) is 0 Å². The second kappa shape index (κ2) is 7.77. The molecule has 1 aliphatic heterocycles. The molecule has 2 fully saturated rings. The van der Waals surface area contributed by atoms with E-state index >= 15 is 0 Å². The van der Waals surface area contributed by atoms with Gasteiger partial charge >= 0.3 is 0 Å². The Bertz CT molecular complexity index is 403. The first-order valence-electron chi connectivity index (χ1n) is 8.44. The van der Waals surface area contributed by atoms with Crippen LogP contribution < -0.4 is 5.32 Å². The Labute approximate surface area is 132 Å². The molecule has 2 rings (SSSR count). The van der Waals surface area contributed by atoms with Crippen LogP contribution in [0.15, 0.2) is 12.7 Å². The Morgan fingerprint density at radius 3 is 2.41 bits per heavy atom. The minimum Gasteiger partial charge on any atom is -0.396 e. The zero-order chi connectivity index (χ0) is 16.0. The van der Waals surface area contributed by atoms with Crippen LogP contribution in [0.3, 0.4) is 0 Å². The molecule has 0 radical (unpaired) electrons. The van der Waals surface area contributed by atoms with E-state index in [1.165, 1.54) is 12.5 Å². The molecule has 0 spiro atoms. The van der Waals surface area contributed by atoms with Gasteiger partial charge in [0.15, 0.2) is 0 Å². The first kappa shape index (κ1) is 17.0. The molecule has 0 bridgehead atoms. The number of aliphatic hydroxyl groups excluding tert-OH is 1. The second-order valence-corrected chi connectivity index (χ2v) is 6.61. The Hall–Kier alpha value is -1.36. The molecule has 1 saturated heterocycles. The average Bonchev–Trinajstić information content (AvgIpc) is 2.55. The minimum atomic E-state index is -0.210. The molecule has 5 heteroatoms. The predicted octanol–water partition coefficient (Wildman–Crippen LogP) is 1.61. The van der Waals surface area contributed by atoms with Crippen molar-refractivity contribution < 1.29 is 14.7 Å². The zero-order valence-corrected chi connectivity index (χ0v) is 13.4. The number of carbonyl (C=O) groups excluding carboxylic acids is 2. The quantitative estimate of drug-likeness (QED) is 0.758. The van der Waals surface area contributed by atoms with Gasteiger partial charge < -0.3 is 15.3 Å². The summed E-state index contributed by atoms with van der Waals surface area (Å²) in [6.45, 7) is 4.86. The number of rotatable bonds is 5. The van der Waals surface area contributed by atoms with Gasteiger partial charge in [-0.3, -0.25) is 9.59 Å². The Balaban J connectivity index is 1.89. The smallest absolute Gasteiger partial charge is 0.245 e. The van der Waals surface area contributed by atoms with Gasteiger partial charge in [-0.2, -0.15) is 0 Å². The van der Waals surface area contributed by atoms with Crippen molar-refractivity contribution in [2.45, 2.75) is 56.9 Å². The summed E-state index contributed by atoms with van der Waals surface area (Å²) in [7, 11) is 0. The van der Waals surface area contributed by atoms with Gasteiger partial charge in [0.25, 0.3) is 0 Å². The van der Waals surface area contributed by atoms with Crippen molar-refractivity contribution in [2.24, 2.45) is 5.92 Å². The van der Waals surface area contributed by atoms with Crippen LogP contribution in [-0.2, 0) is 9.59 Å². The summed E-state index contributed by atoms with van der Waals surface area (Å²) >= 11 is 0. The molecule has 0 aromatic carbocycles. The number of hydrogen-bond acceptors (Lipinski definition) is 3. The number of amides is 2. The van der Waals surface area contributed by atoms with Crippen molar-refractivity contribution in [2.75, 3.05) is 19.7 Å². The zero-order valence-electron chi connectivity index (χ0n) is 13.4. The maximum atomic E-state index is 12.6. The van der Waals surface area contributed by atoms with E-state index < -0.39 is 0 Å². The number of carbonyl (C=O) groups is 2. The van der Waals surface area contributed by atoms with Gasteiger partial charge in [-0.1, -0.05) is 25.8 Å². The topological polar surface area (TPSA) is 69.6 Å². The van der Waals surface area contributed by atoms with Gasteiger partial charge in [0, 0.05) is 31.2 Å². The van der Waals surface area contributed by atoms with Crippen molar-refractivity contribution in [3.8, 4) is 0 Å². The summed E-state index contributed by atoms with van der Waals surface area (Å²) in [4.78, 5) is 25.9. The van der Waals surface area contributed by atoms with E-state index in [1.807, 2.05) is 0 Å². The molecule has 0 unspecified atom stereocenters. The lowest BCUT2D eigenvalue weighted by Gasteiger charge is -2.40. The van der Waals surface area contributed by atoms with Crippen LogP contribution in [0.25, 0.3) is 0 Å². The number of likely N-dealkylation sites (tertiary alicyclic amines) is 1. The number of nitrogens with one attached hydrogen (secondary N) is 1. The van der Waals surface area contributed by atoms with Gasteiger partial charge in [-0.25, -0.2) is 0 Å². The molecular weight excluding hydrogens is 280 g/mol. The van der Waals surface area contributed by atoms with Gasteiger partial charge in [0.2, 0.25) is 11.8 Å². The Morgan fingerprint density at radius 2 is 1.86 bits per heavy atom. The van der Waals surface area contributed by atoms with Crippen molar-refractivity contribution in [1.82, 2.24) is 10.2 Å². The summed E-state index contributed by atoms with van der Waals surface area (Å²) in [5, 5.41) is 12.6. The monoisotopic (exact) mass is 308 g/mol. The fourth-order valence-electron chi connectivity index (χ4n) is 3.73. The van der Waals surface area contributed by atoms with E-state index in [9.17, 15) is 14.7 Å². The lowest BCUT2D eigenvalue weighted by molar-refractivity contribution is -0.133. The Morgan fingerprint density at radius 1 is 1.23 bits per heavy atom. The first-order valence-corrected chi connectivity index (χ1v) is 8.44. The highest BCUT2D eigenvalue weighted by Gasteiger charge is 2.35. The van der Waals surface area contributed by atoms with E-state index in [4.69, 9.17) is 0 Å². The standard InChI is InChI=1S/C17H28N2O3/c1-2-15(21)19-11-6-14(7-12-19)16(22)18-17(10-13-20)8-4-3-5-9-17/h2,14,20H,1,3-13H2,(H,18,22). The molecule has 2 amide bonds. The average molecular weight is 308 g/mol. The largest absolute Gasteiger partial charge is 0.396 e. The van der Waals surface area contributed by atoms with Crippen molar-refractivity contribution in [1.29, 1.82) is 0 Å². The van der Waals surface area contributed by atoms with Crippen LogP contribution in [0, 0.1) is 5.92 Å². The van der Waals surface area contributed by atoms with Gasteiger partial charge in [0.05, 0.1) is 0 Å². The van der Waals surface area contributed by atoms with Gasteiger partial charge in [-0.05, 0) is 38.2 Å². The third-order valence-electron chi connectivity index (χ3n) is 5.14. The summed E-state index contributed by atoms with van der Waals surface area (Å²) in [5.41, 5.74) is -0.210. The number of piperidine rings is 1. The Kier molecular flexibility index (Phi) is 6.00. The number of hydrogen-bond donors (Lipinski definition) is 2. The number of nitrogens with zero attached hydrogens (tertiary/aromatic N) is 1. The predicted molar refractivity (Wildman–Crippen MR) is 85.2 cm³/mol. The summed E-state index contributed by atoms with van der Waals surface area (Å²) in [6.07, 6.45) is 8.77. The van der Waals surface area contributed by atoms with E-state index in [2.05, 4.69) is 11.9 Å². The molecule has 1 aliphatic carbocycles. The molecule has 0 atom stereocenters. The highest BCUT2D eigenvalue weighted by Crippen LogP contribution is 2.32. The fraction of sp³-hybridized carbons (Fsp3) is 0.765. The SMILES string of the molecule is C=CC(=O)N1CCC(C(=O)NC2(CCO)CCCCC2)CC1. The maximum Gasteiger partial charge on any atom is 0.245 e. The van der Waals surface area contributed by atoms with Crippen molar-refractivity contribution in [3.05, 3.63) is 12.7 Å². The third kappa shape index (κ3) is 4.09. The summed E-state index contributed by atoms with van der Waals surface area (Å²) in [6, 6.07) is 0. The highest BCUT2D eigenvalue weighted by atomic mass is 16.3. The fourth-order valence-corrected chi connectivity index (χ4v) is 3.73.